The van der Waals surface area contributed by atoms with Crippen LogP contribution in [-0.2, 0) is 11.3 Å². The van der Waals surface area contributed by atoms with Crippen LogP contribution in [0.5, 0.6) is 0 Å². The summed E-state index contributed by atoms with van der Waals surface area (Å²) < 4.78 is 15.2. The zero-order chi connectivity index (χ0) is 19.2. The van der Waals surface area contributed by atoms with Gasteiger partial charge in [0.25, 0.3) is 0 Å². The minimum absolute atomic E-state index is 0.0953. The molecule has 0 bridgehead atoms. The second-order valence-corrected chi connectivity index (χ2v) is 7.67. The summed E-state index contributed by atoms with van der Waals surface area (Å²) in [6, 6.07) is 13.6. The lowest BCUT2D eigenvalue weighted by atomic mass is 10.2. The van der Waals surface area contributed by atoms with Crippen LogP contribution in [0, 0.1) is 5.82 Å². The van der Waals surface area contributed by atoms with E-state index in [2.05, 4.69) is 31.4 Å². The summed E-state index contributed by atoms with van der Waals surface area (Å²) in [4.78, 5) is 11.9. The van der Waals surface area contributed by atoms with Crippen molar-refractivity contribution in [3.05, 3.63) is 64.4 Å². The van der Waals surface area contributed by atoms with Crippen molar-refractivity contribution < 1.29 is 9.18 Å². The van der Waals surface area contributed by atoms with Crippen LogP contribution in [0.4, 0.5) is 4.39 Å². The summed E-state index contributed by atoms with van der Waals surface area (Å²) in [5.74, 6) is 6.75. The number of nitrogens with one attached hydrogen (secondary N) is 1. The summed E-state index contributed by atoms with van der Waals surface area (Å²) in [6.45, 7) is 0.365. The maximum atomic E-state index is 12.9. The highest BCUT2D eigenvalue weighted by Gasteiger charge is 2.13. The van der Waals surface area contributed by atoms with Crippen molar-refractivity contribution in [2.75, 3.05) is 11.6 Å². The van der Waals surface area contributed by atoms with E-state index in [1.807, 2.05) is 24.3 Å². The van der Waals surface area contributed by atoms with E-state index in [1.54, 1.807) is 12.1 Å². The fourth-order valence-corrected chi connectivity index (χ4v) is 3.52. The molecule has 1 aromatic heterocycles. The third-order valence-electron chi connectivity index (χ3n) is 3.71. The van der Waals surface area contributed by atoms with Crippen molar-refractivity contribution in [2.45, 2.75) is 18.1 Å². The van der Waals surface area contributed by atoms with Crippen molar-refractivity contribution in [2.24, 2.45) is 0 Å². The number of benzene rings is 2. The Hall–Kier alpha value is -2.39. The van der Waals surface area contributed by atoms with Gasteiger partial charge >= 0.3 is 0 Å². The number of hydrogen-bond acceptors (Lipinski definition) is 5. The Bertz CT molecular complexity index is 932. The van der Waals surface area contributed by atoms with E-state index in [0.29, 0.717) is 29.7 Å². The fraction of sp³-hybridized carbons (Fsp3) is 0.167. The van der Waals surface area contributed by atoms with E-state index in [9.17, 15) is 9.18 Å². The van der Waals surface area contributed by atoms with Gasteiger partial charge in [-0.05, 0) is 29.8 Å². The molecule has 3 N–H and O–H groups in total. The number of carbonyl (C=O) groups excluding carboxylic acids is 1. The Morgan fingerprint density at radius 1 is 1.22 bits per heavy atom. The molecule has 9 heteroatoms. The van der Waals surface area contributed by atoms with Gasteiger partial charge in [-0.1, -0.05) is 52.0 Å². The molecule has 3 rings (SSSR count). The Balaban J connectivity index is 1.49. The molecule has 0 aliphatic heterocycles. The molecule has 2 aromatic carbocycles. The van der Waals surface area contributed by atoms with Gasteiger partial charge in [0, 0.05) is 28.8 Å². The van der Waals surface area contributed by atoms with E-state index in [-0.39, 0.29) is 11.7 Å². The molecule has 1 heterocycles. The number of rotatable bonds is 7. The molecule has 0 spiro atoms. The predicted octanol–water partition coefficient (Wildman–Crippen LogP) is 3.36. The lowest BCUT2D eigenvalue weighted by Gasteiger charge is -2.06. The molecule has 0 fully saturated rings. The number of hydrogen-bond donors (Lipinski definition) is 2. The minimum atomic E-state index is -0.297. The van der Waals surface area contributed by atoms with Gasteiger partial charge in [-0.25, -0.2) is 9.07 Å². The first kappa shape index (κ1) is 19.4. The average molecular weight is 450 g/mol. The maximum absolute atomic E-state index is 12.9. The molecule has 0 aliphatic carbocycles. The number of thioether (sulfide) groups is 1. The van der Waals surface area contributed by atoms with Crippen molar-refractivity contribution in [1.82, 2.24) is 20.2 Å². The number of halogens is 2. The van der Waals surface area contributed by atoms with Gasteiger partial charge in [0.2, 0.25) is 11.1 Å². The second kappa shape index (κ2) is 9.01. The largest absolute Gasteiger partial charge is 0.352 e. The van der Waals surface area contributed by atoms with Gasteiger partial charge in [0.05, 0.1) is 0 Å². The van der Waals surface area contributed by atoms with E-state index in [4.69, 9.17) is 5.84 Å². The van der Waals surface area contributed by atoms with Crippen LogP contribution in [0.3, 0.4) is 0 Å². The zero-order valence-corrected chi connectivity index (χ0v) is 16.6. The summed E-state index contributed by atoms with van der Waals surface area (Å²) in [5.41, 5.74) is 1.70. The smallest absolute Gasteiger partial charge is 0.221 e. The van der Waals surface area contributed by atoms with Crippen LogP contribution in [0.1, 0.15) is 12.0 Å². The quantitative estimate of drug-likeness (QED) is 0.426. The van der Waals surface area contributed by atoms with Gasteiger partial charge in [0.15, 0.2) is 5.82 Å². The van der Waals surface area contributed by atoms with Crippen LogP contribution in [0.2, 0.25) is 0 Å². The highest BCUT2D eigenvalue weighted by atomic mass is 79.9. The van der Waals surface area contributed by atoms with Crippen molar-refractivity contribution in [3.8, 4) is 11.4 Å². The van der Waals surface area contributed by atoms with Crippen LogP contribution < -0.4 is 11.2 Å². The Morgan fingerprint density at radius 2 is 2.00 bits per heavy atom. The van der Waals surface area contributed by atoms with Gasteiger partial charge in [0.1, 0.15) is 5.82 Å². The third kappa shape index (κ3) is 5.30. The van der Waals surface area contributed by atoms with E-state index in [0.717, 1.165) is 15.6 Å². The average Bonchev–Trinajstić information content (AvgIpc) is 3.02. The minimum Gasteiger partial charge on any atom is -0.352 e. The highest BCUT2D eigenvalue weighted by Crippen LogP contribution is 2.24. The van der Waals surface area contributed by atoms with Crippen molar-refractivity contribution in [3.63, 3.8) is 0 Å². The molecule has 0 atom stereocenters. The monoisotopic (exact) mass is 449 g/mol. The zero-order valence-electron chi connectivity index (χ0n) is 14.2. The topological polar surface area (TPSA) is 85.8 Å². The first-order valence-electron chi connectivity index (χ1n) is 8.13. The lowest BCUT2D eigenvalue weighted by molar-refractivity contribution is -0.120. The first-order valence-corrected chi connectivity index (χ1v) is 9.91. The fourth-order valence-electron chi connectivity index (χ4n) is 2.33. The third-order valence-corrected chi connectivity index (χ3v) is 5.15. The van der Waals surface area contributed by atoms with Crippen LogP contribution >= 0.6 is 27.7 Å². The van der Waals surface area contributed by atoms with Crippen LogP contribution in [0.25, 0.3) is 11.4 Å². The molecule has 3 aromatic rings. The van der Waals surface area contributed by atoms with Crippen molar-refractivity contribution >= 4 is 33.6 Å². The summed E-state index contributed by atoms with van der Waals surface area (Å²) in [5, 5.41) is 11.6. The predicted molar refractivity (Wildman–Crippen MR) is 107 cm³/mol. The molecule has 6 nitrogen and oxygen atoms in total. The molecule has 0 saturated carbocycles. The molecule has 0 saturated heterocycles. The van der Waals surface area contributed by atoms with Crippen LogP contribution in [-0.4, -0.2) is 26.5 Å². The molecule has 140 valence electrons. The molecular weight excluding hydrogens is 433 g/mol. The number of amides is 1. The van der Waals surface area contributed by atoms with E-state index in [1.165, 1.54) is 28.6 Å². The van der Waals surface area contributed by atoms with E-state index >= 15 is 0 Å². The van der Waals surface area contributed by atoms with Crippen molar-refractivity contribution in [1.29, 1.82) is 0 Å². The van der Waals surface area contributed by atoms with Gasteiger partial charge < -0.3 is 11.2 Å². The lowest BCUT2D eigenvalue weighted by Crippen LogP contribution is -2.23. The summed E-state index contributed by atoms with van der Waals surface area (Å²) in [6.07, 6.45) is 0.310. The number of aromatic nitrogens is 3. The Morgan fingerprint density at radius 3 is 2.74 bits per heavy atom. The molecule has 0 unspecified atom stereocenters. The molecule has 0 aliphatic rings. The normalized spacial score (nSPS) is 10.7. The van der Waals surface area contributed by atoms with Gasteiger partial charge in [-0.3, -0.25) is 4.79 Å². The number of nitrogens with zero attached hydrogens (tertiary/aromatic N) is 3. The first-order chi connectivity index (χ1) is 13.0. The number of nitrogens with two attached hydrogens (primary N) is 1. The second-order valence-electron chi connectivity index (χ2n) is 5.69. The maximum Gasteiger partial charge on any atom is 0.221 e. The van der Waals surface area contributed by atoms with Gasteiger partial charge in [-0.15, -0.1) is 10.2 Å². The summed E-state index contributed by atoms with van der Waals surface area (Å²) >= 11 is 4.78. The molecule has 27 heavy (non-hydrogen) atoms. The Kier molecular flexibility index (Phi) is 6.46. The molecule has 0 radical (unpaired) electrons. The number of carbonyl (C=O) groups is 1. The standard InChI is InChI=1S/C18H17BrFN5OS/c19-14-3-1-2-13(10-14)17-23-24-18(25(17)21)27-9-8-16(26)22-11-12-4-6-15(20)7-5-12/h1-7,10H,8-9,11,21H2,(H,22,26). The molecule has 1 amide bonds. The highest BCUT2D eigenvalue weighted by molar-refractivity contribution is 9.10. The van der Waals surface area contributed by atoms with E-state index < -0.39 is 0 Å². The number of nitrogen functional groups attached to an aromatic ring is 1. The summed E-state index contributed by atoms with van der Waals surface area (Å²) in [7, 11) is 0. The Labute approximate surface area is 168 Å². The van der Waals surface area contributed by atoms with Crippen LogP contribution in [0.15, 0.2) is 58.2 Å². The van der Waals surface area contributed by atoms with Gasteiger partial charge in [-0.2, -0.15) is 0 Å². The SMILES string of the molecule is Nn1c(SCCC(=O)NCc2ccc(F)cc2)nnc1-c1cccc(Br)c1. The molecular formula is C18H17BrFN5OS.